The molecule has 0 fully saturated rings. The standard InChI is InChI=1S/C10H21NO4S/c1-4-6-11-9(5-2)7-16(13,14)8-10(12)15-3/h9,11H,4-8H2,1-3H3. The van der Waals surface area contributed by atoms with Gasteiger partial charge in [-0.15, -0.1) is 0 Å². The highest BCUT2D eigenvalue weighted by atomic mass is 32.2. The van der Waals surface area contributed by atoms with Gasteiger partial charge in [-0.05, 0) is 19.4 Å². The van der Waals surface area contributed by atoms with Crippen molar-refractivity contribution in [2.24, 2.45) is 0 Å². The average molecular weight is 251 g/mol. The molecule has 0 rings (SSSR count). The molecule has 0 aromatic rings. The molecule has 5 nitrogen and oxygen atoms in total. The van der Waals surface area contributed by atoms with Gasteiger partial charge in [-0.1, -0.05) is 13.8 Å². The summed E-state index contributed by atoms with van der Waals surface area (Å²) in [7, 11) is -2.19. The molecule has 0 aromatic carbocycles. The Hall–Kier alpha value is -0.620. The fraction of sp³-hybridized carbons (Fsp3) is 0.900. The van der Waals surface area contributed by atoms with Crippen LogP contribution in [0.4, 0.5) is 0 Å². The number of nitrogens with one attached hydrogen (secondary N) is 1. The third kappa shape index (κ3) is 6.79. The minimum absolute atomic E-state index is 0.0153. The SMILES string of the molecule is CCCNC(CC)CS(=O)(=O)CC(=O)OC. The van der Waals surface area contributed by atoms with Crippen LogP contribution in [0.5, 0.6) is 0 Å². The second kappa shape index (κ2) is 7.62. The predicted octanol–water partition coefficient (Wildman–Crippen LogP) is 0.352. The molecular weight excluding hydrogens is 230 g/mol. The zero-order valence-electron chi connectivity index (χ0n) is 10.2. The quantitative estimate of drug-likeness (QED) is 0.630. The van der Waals surface area contributed by atoms with Gasteiger partial charge in [0.25, 0.3) is 0 Å². The summed E-state index contributed by atoms with van der Waals surface area (Å²) in [6, 6.07) is -0.0883. The smallest absolute Gasteiger partial charge is 0.320 e. The van der Waals surface area contributed by atoms with Crippen LogP contribution in [0.1, 0.15) is 26.7 Å². The van der Waals surface area contributed by atoms with E-state index < -0.39 is 21.6 Å². The lowest BCUT2D eigenvalue weighted by Crippen LogP contribution is -2.37. The molecule has 6 heteroatoms. The van der Waals surface area contributed by atoms with Crippen LogP contribution >= 0.6 is 0 Å². The Kier molecular flexibility index (Phi) is 7.33. The third-order valence-corrected chi connectivity index (χ3v) is 3.78. The molecule has 0 amide bonds. The number of hydrogen-bond donors (Lipinski definition) is 1. The first-order valence-electron chi connectivity index (χ1n) is 5.45. The second-order valence-corrected chi connectivity index (χ2v) is 5.80. The van der Waals surface area contributed by atoms with E-state index in [-0.39, 0.29) is 11.8 Å². The molecular formula is C10H21NO4S. The lowest BCUT2D eigenvalue weighted by Gasteiger charge is -2.16. The van der Waals surface area contributed by atoms with Crippen LogP contribution in [0, 0.1) is 0 Å². The lowest BCUT2D eigenvalue weighted by molar-refractivity contribution is -0.137. The van der Waals surface area contributed by atoms with E-state index in [4.69, 9.17) is 0 Å². The molecule has 1 N–H and O–H groups in total. The van der Waals surface area contributed by atoms with Crippen LogP contribution in [0.25, 0.3) is 0 Å². The molecule has 1 unspecified atom stereocenters. The van der Waals surface area contributed by atoms with Gasteiger partial charge in [-0.2, -0.15) is 0 Å². The number of esters is 1. The Morgan fingerprint density at radius 3 is 2.44 bits per heavy atom. The number of rotatable bonds is 8. The minimum atomic E-state index is -3.37. The molecule has 0 spiro atoms. The van der Waals surface area contributed by atoms with E-state index in [9.17, 15) is 13.2 Å². The van der Waals surface area contributed by atoms with Gasteiger partial charge in [-0.25, -0.2) is 8.42 Å². The summed E-state index contributed by atoms with van der Waals surface area (Å²) in [6.07, 6.45) is 1.67. The first kappa shape index (κ1) is 15.4. The first-order valence-corrected chi connectivity index (χ1v) is 7.28. The highest BCUT2D eigenvalue weighted by Crippen LogP contribution is 2.00. The van der Waals surface area contributed by atoms with Crippen LogP contribution in [0.15, 0.2) is 0 Å². The minimum Gasteiger partial charge on any atom is -0.468 e. The maximum Gasteiger partial charge on any atom is 0.320 e. The van der Waals surface area contributed by atoms with E-state index in [1.165, 1.54) is 7.11 Å². The van der Waals surface area contributed by atoms with Gasteiger partial charge in [-0.3, -0.25) is 4.79 Å². The zero-order chi connectivity index (χ0) is 12.6. The summed E-state index contributed by atoms with van der Waals surface area (Å²) in [5.74, 6) is -1.25. The zero-order valence-corrected chi connectivity index (χ0v) is 11.0. The maximum absolute atomic E-state index is 11.6. The van der Waals surface area contributed by atoms with Gasteiger partial charge in [0.15, 0.2) is 9.84 Å². The Labute approximate surface area is 97.5 Å². The van der Waals surface area contributed by atoms with Crippen LogP contribution in [0.3, 0.4) is 0 Å². The molecule has 0 aromatic heterocycles. The molecule has 0 radical (unpaired) electrons. The molecule has 0 heterocycles. The fourth-order valence-electron chi connectivity index (χ4n) is 1.27. The first-order chi connectivity index (χ1) is 7.45. The number of methoxy groups -OCH3 is 1. The van der Waals surface area contributed by atoms with Crippen molar-refractivity contribution in [3.05, 3.63) is 0 Å². The molecule has 0 saturated carbocycles. The van der Waals surface area contributed by atoms with Crippen molar-refractivity contribution in [2.75, 3.05) is 25.2 Å². The predicted molar refractivity (Wildman–Crippen MR) is 63.0 cm³/mol. The molecule has 96 valence electrons. The molecule has 16 heavy (non-hydrogen) atoms. The molecule has 0 aliphatic carbocycles. The Morgan fingerprint density at radius 1 is 1.38 bits per heavy atom. The Bertz CT molecular complexity index is 300. The highest BCUT2D eigenvalue weighted by Gasteiger charge is 2.21. The van der Waals surface area contributed by atoms with E-state index in [0.717, 1.165) is 19.4 Å². The molecule has 0 saturated heterocycles. The van der Waals surface area contributed by atoms with Gasteiger partial charge in [0.05, 0.1) is 12.9 Å². The molecule has 1 atom stereocenters. The van der Waals surface area contributed by atoms with Crippen LogP contribution in [-0.4, -0.2) is 45.6 Å². The molecule has 0 aliphatic rings. The highest BCUT2D eigenvalue weighted by molar-refractivity contribution is 7.92. The number of hydrogen-bond acceptors (Lipinski definition) is 5. The Morgan fingerprint density at radius 2 is 2.00 bits per heavy atom. The fourth-order valence-corrected chi connectivity index (χ4v) is 2.83. The Balaban J connectivity index is 4.26. The van der Waals surface area contributed by atoms with Crippen molar-refractivity contribution in [3.63, 3.8) is 0 Å². The van der Waals surface area contributed by atoms with E-state index in [2.05, 4.69) is 10.1 Å². The van der Waals surface area contributed by atoms with Gasteiger partial charge in [0.2, 0.25) is 0 Å². The van der Waals surface area contributed by atoms with Gasteiger partial charge >= 0.3 is 5.97 Å². The second-order valence-electron chi connectivity index (χ2n) is 3.69. The maximum atomic E-state index is 11.6. The van der Waals surface area contributed by atoms with Gasteiger partial charge < -0.3 is 10.1 Å². The third-order valence-electron chi connectivity index (χ3n) is 2.20. The van der Waals surface area contributed by atoms with Crippen molar-refractivity contribution in [3.8, 4) is 0 Å². The number of carbonyl (C=O) groups excluding carboxylic acids is 1. The van der Waals surface area contributed by atoms with Gasteiger partial charge in [0.1, 0.15) is 5.75 Å². The molecule has 0 aliphatic heterocycles. The van der Waals surface area contributed by atoms with Crippen LogP contribution in [0.2, 0.25) is 0 Å². The summed E-state index contributed by atoms with van der Waals surface area (Å²) in [5, 5.41) is 3.14. The van der Waals surface area contributed by atoms with Crippen molar-refractivity contribution in [1.82, 2.24) is 5.32 Å². The van der Waals surface area contributed by atoms with E-state index in [0.29, 0.717) is 0 Å². The monoisotopic (exact) mass is 251 g/mol. The van der Waals surface area contributed by atoms with Crippen LogP contribution < -0.4 is 5.32 Å². The van der Waals surface area contributed by atoms with E-state index in [1.807, 2.05) is 13.8 Å². The summed E-state index contributed by atoms with van der Waals surface area (Å²) in [5.41, 5.74) is 0. The lowest BCUT2D eigenvalue weighted by atomic mass is 10.2. The molecule has 0 bridgehead atoms. The van der Waals surface area contributed by atoms with Gasteiger partial charge in [0, 0.05) is 6.04 Å². The van der Waals surface area contributed by atoms with Crippen LogP contribution in [-0.2, 0) is 19.4 Å². The summed E-state index contributed by atoms with van der Waals surface area (Å²) < 4.78 is 27.5. The number of carbonyl (C=O) groups is 1. The largest absolute Gasteiger partial charge is 0.468 e. The van der Waals surface area contributed by atoms with Crippen molar-refractivity contribution in [1.29, 1.82) is 0 Å². The van der Waals surface area contributed by atoms with Crippen molar-refractivity contribution in [2.45, 2.75) is 32.7 Å². The van der Waals surface area contributed by atoms with Crippen molar-refractivity contribution >= 4 is 15.8 Å². The van der Waals surface area contributed by atoms with Crippen molar-refractivity contribution < 1.29 is 17.9 Å². The number of ether oxygens (including phenoxy) is 1. The normalized spacial score (nSPS) is 13.4. The van der Waals surface area contributed by atoms with E-state index in [1.54, 1.807) is 0 Å². The topological polar surface area (TPSA) is 72.5 Å². The number of sulfone groups is 1. The summed E-state index contributed by atoms with van der Waals surface area (Å²) in [4.78, 5) is 10.9. The summed E-state index contributed by atoms with van der Waals surface area (Å²) >= 11 is 0. The van der Waals surface area contributed by atoms with E-state index >= 15 is 0 Å². The average Bonchev–Trinajstić information content (AvgIpc) is 2.23. The summed E-state index contributed by atoms with van der Waals surface area (Å²) in [6.45, 7) is 4.72.